The zero-order chi connectivity index (χ0) is 12.8. The molecule has 2 rings (SSSR count). The second kappa shape index (κ2) is 6.25. The molecule has 0 amide bonds. The van der Waals surface area contributed by atoms with Gasteiger partial charge in [0.25, 0.3) is 0 Å². The van der Waals surface area contributed by atoms with Crippen molar-refractivity contribution in [1.82, 2.24) is 0 Å². The Labute approximate surface area is 109 Å². The molecule has 0 spiro atoms. The van der Waals surface area contributed by atoms with E-state index in [-0.39, 0.29) is 0 Å². The number of benzene rings is 2. The first kappa shape index (κ1) is 12.7. The van der Waals surface area contributed by atoms with Crippen LogP contribution in [0.5, 0.6) is 5.75 Å². The fraction of sp³-hybridized carbons (Fsp3) is 0.294. The summed E-state index contributed by atoms with van der Waals surface area (Å²) in [6.07, 6.45) is 2.26. The molecule has 94 valence electrons. The molecule has 2 aromatic rings. The van der Waals surface area contributed by atoms with Gasteiger partial charge in [-0.05, 0) is 25.0 Å². The van der Waals surface area contributed by atoms with Crippen LogP contribution in [0.2, 0.25) is 0 Å². The first-order valence-electron chi connectivity index (χ1n) is 6.60. The van der Waals surface area contributed by atoms with Gasteiger partial charge in [0.05, 0.1) is 6.61 Å². The van der Waals surface area contributed by atoms with Gasteiger partial charge in [-0.15, -0.1) is 0 Å². The summed E-state index contributed by atoms with van der Waals surface area (Å²) in [5.74, 6) is 0.983. The molecule has 0 heterocycles. The lowest BCUT2D eigenvalue weighted by Crippen LogP contribution is -1.98. The number of aryl methyl sites for hydroxylation is 1. The molecule has 0 saturated carbocycles. The van der Waals surface area contributed by atoms with Crippen molar-refractivity contribution < 1.29 is 4.74 Å². The minimum atomic E-state index is 0.791. The summed E-state index contributed by atoms with van der Waals surface area (Å²) in [6, 6.07) is 16.8. The topological polar surface area (TPSA) is 9.23 Å². The van der Waals surface area contributed by atoms with Gasteiger partial charge in [0.2, 0.25) is 0 Å². The van der Waals surface area contributed by atoms with E-state index < -0.39 is 0 Å². The van der Waals surface area contributed by atoms with Crippen LogP contribution < -0.4 is 4.74 Å². The van der Waals surface area contributed by atoms with Gasteiger partial charge in [0.1, 0.15) is 5.75 Å². The Morgan fingerprint density at radius 2 is 1.83 bits per heavy atom. The van der Waals surface area contributed by atoms with Gasteiger partial charge in [-0.25, -0.2) is 0 Å². The van der Waals surface area contributed by atoms with Gasteiger partial charge >= 0.3 is 0 Å². The van der Waals surface area contributed by atoms with E-state index in [1.165, 1.54) is 16.7 Å². The van der Waals surface area contributed by atoms with Crippen LogP contribution in [0.3, 0.4) is 0 Å². The normalized spacial score (nSPS) is 10.3. The van der Waals surface area contributed by atoms with Crippen molar-refractivity contribution in [2.24, 2.45) is 0 Å². The van der Waals surface area contributed by atoms with Gasteiger partial charge in [0.15, 0.2) is 0 Å². The molecule has 0 aromatic heterocycles. The number of rotatable bonds is 5. The second-order valence-corrected chi connectivity index (χ2v) is 4.57. The summed E-state index contributed by atoms with van der Waals surface area (Å²) >= 11 is 0. The van der Waals surface area contributed by atoms with Crippen LogP contribution in [0, 0.1) is 6.92 Å². The van der Waals surface area contributed by atoms with Crippen LogP contribution in [0.15, 0.2) is 48.5 Å². The largest absolute Gasteiger partial charge is 0.493 e. The Bertz CT molecular complexity index is 502. The third-order valence-electron chi connectivity index (χ3n) is 2.97. The first-order chi connectivity index (χ1) is 8.81. The van der Waals surface area contributed by atoms with E-state index in [1.54, 1.807) is 0 Å². The van der Waals surface area contributed by atoms with Crippen molar-refractivity contribution in [2.45, 2.75) is 26.7 Å². The number of hydrogen-bond donors (Lipinski definition) is 0. The number of para-hydroxylation sites is 1. The van der Waals surface area contributed by atoms with E-state index in [2.05, 4.69) is 50.2 Å². The molecule has 0 saturated heterocycles. The molecule has 0 aliphatic heterocycles. The van der Waals surface area contributed by atoms with Gasteiger partial charge in [-0.2, -0.15) is 0 Å². The number of ether oxygens (including phenoxy) is 1. The van der Waals surface area contributed by atoms with Crippen LogP contribution in [-0.2, 0) is 0 Å². The van der Waals surface area contributed by atoms with Crippen molar-refractivity contribution in [3.05, 3.63) is 54.1 Å². The third-order valence-corrected chi connectivity index (χ3v) is 2.97. The lowest BCUT2D eigenvalue weighted by molar-refractivity contribution is 0.310. The first-order valence-corrected chi connectivity index (χ1v) is 6.60. The molecular formula is C17H20O. The molecule has 0 N–H and O–H groups in total. The van der Waals surface area contributed by atoms with Crippen LogP contribution in [0.4, 0.5) is 0 Å². The van der Waals surface area contributed by atoms with Crippen molar-refractivity contribution in [3.63, 3.8) is 0 Å². The van der Waals surface area contributed by atoms with Crippen LogP contribution >= 0.6 is 0 Å². The predicted molar refractivity (Wildman–Crippen MR) is 77.0 cm³/mol. The molecule has 1 nitrogen and oxygen atoms in total. The monoisotopic (exact) mass is 240 g/mol. The summed E-state index contributed by atoms with van der Waals surface area (Å²) < 4.78 is 5.87. The maximum Gasteiger partial charge on any atom is 0.127 e. The smallest absolute Gasteiger partial charge is 0.127 e. The van der Waals surface area contributed by atoms with Gasteiger partial charge < -0.3 is 4.74 Å². The Kier molecular flexibility index (Phi) is 4.40. The maximum atomic E-state index is 5.87. The molecule has 0 aliphatic carbocycles. The van der Waals surface area contributed by atoms with Gasteiger partial charge in [0, 0.05) is 5.56 Å². The van der Waals surface area contributed by atoms with Crippen molar-refractivity contribution in [3.8, 4) is 16.9 Å². The number of hydrogen-bond acceptors (Lipinski definition) is 1. The number of unbranched alkanes of at least 4 members (excludes halogenated alkanes) is 1. The summed E-state index contributed by atoms with van der Waals surface area (Å²) in [5, 5.41) is 0. The van der Waals surface area contributed by atoms with E-state index in [9.17, 15) is 0 Å². The van der Waals surface area contributed by atoms with E-state index in [4.69, 9.17) is 4.74 Å². The Morgan fingerprint density at radius 3 is 2.61 bits per heavy atom. The standard InChI is InChI=1S/C17H20O/c1-3-4-12-18-17-11-6-5-10-16(17)15-9-7-8-14(2)13-15/h5-11,13H,3-4,12H2,1-2H3. The van der Waals surface area contributed by atoms with Gasteiger partial charge in [-0.1, -0.05) is 61.4 Å². The van der Waals surface area contributed by atoms with Gasteiger partial charge in [-0.3, -0.25) is 0 Å². The van der Waals surface area contributed by atoms with E-state index in [1.807, 2.05) is 12.1 Å². The van der Waals surface area contributed by atoms with Crippen molar-refractivity contribution in [2.75, 3.05) is 6.61 Å². The summed E-state index contributed by atoms with van der Waals surface area (Å²) in [6.45, 7) is 5.08. The van der Waals surface area contributed by atoms with Crippen LogP contribution in [0.25, 0.3) is 11.1 Å². The Hall–Kier alpha value is -1.76. The average molecular weight is 240 g/mol. The zero-order valence-corrected chi connectivity index (χ0v) is 11.1. The lowest BCUT2D eigenvalue weighted by atomic mass is 10.0. The molecule has 0 radical (unpaired) electrons. The molecule has 2 aromatic carbocycles. The highest BCUT2D eigenvalue weighted by molar-refractivity contribution is 5.70. The Balaban J connectivity index is 2.27. The lowest BCUT2D eigenvalue weighted by Gasteiger charge is -2.11. The predicted octanol–water partition coefficient (Wildman–Crippen LogP) is 4.84. The highest BCUT2D eigenvalue weighted by atomic mass is 16.5. The van der Waals surface area contributed by atoms with Crippen LogP contribution in [-0.4, -0.2) is 6.61 Å². The molecule has 0 aliphatic rings. The molecule has 0 bridgehead atoms. The average Bonchev–Trinajstić information content (AvgIpc) is 2.40. The molecule has 18 heavy (non-hydrogen) atoms. The van der Waals surface area contributed by atoms with Crippen molar-refractivity contribution >= 4 is 0 Å². The van der Waals surface area contributed by atoms with Crippen LogP contribution in [0.1, 0.15) is 25.3 Å². The quantitative estimate of drug-likeness (QED) is 0.679. The van der Waals surface area contributed by atoms with Crippen molar-refractivity contribution in [1.29, 1.82) is 0 Å². The fourth-order valence-electron chi connectivity index (χ4n) is 1.97. The maximum absolute atomic E-state index is 5.87. The molecule has 0 atom stereocenters. The second-order valence-electron chi connectivity index (χ2n) is 4.57. The SMILES string of the molecule is CCCCOc1ccccc1-c1cccc(C)c1. The molecular weight excluding hydrogens is 220 g/mol. The Morgan fingerprint density at radius 1 is 1.00 bits per heavy atom. The zero-order valence-electron chi connectivity index (χ0n) is 11.1. The van der Waals surface area contributed by atoms with E-state index in [0.717, 1.165) is 25.2 Å². The molecule has 1 heteroatoms. The fourth-order valence-corrected chi connectivity index (χ4v) is 1.97. The van der Waals surface area contributed by atoms with E-state index >= 15 is 0 Å². The summed E-state index contributed by atoms with van der Waals surface area (Å²) in [7, 11) is 0. The van der Waals surface area contributed by atoms with E-state index in [0.29, 0.717) is 0 Å². The highest BCUT2D eigenvalue weighted by Crippen LogP contribution is 2.30. The third kappa shape index (κ3) is 3.13. The minimum absolute atomic E-state index is 0.791. The minimum Gasteiger partial charge on any atom is -0.493 e. The summed E-state index contributed by atoms with van der Waals surface area (Å²) in [4.78, 5) is 0. The molecule has 0 unspecified atom stereocenters. The highest BCUT2D eigenvalue weighted by Gasteiger charge is 2.05. The summed E-state index contributed by atoms with van der Waals surface area (Å²) in [5.41, 5.74) is 3.68. The molecule has 0 fully saturated rings.